The second-order valence-corrected chi connectivity index (χ2v) is 9.00. The standard InChI is InChI=1S/C26H27N3O5/c1-2-15-13-29(26(33)28-25(15)32)16-11-19(20(31)12-16)24(27-14-30)23-17-7-3-5-9-21(17)34-22-10-6-4-8-18(22)23/h3-10,13-14,16,19-20,23-24,31H,2,11-12H2,1H3,(H,27,30)(H,28,32,33)/t16?,19?,20?,24-/m0/s1. The fraction of sp³-hybridized carbons (Fsp3) is 0.346. The zero-order chi connectivity index (χ0) is 23.8. The molecule has 1 aliphatic heterocycles. The number of aromatic nitrogens is 2. The van der Waals surface area contributed by atoms with Gasteiger partial charge < -0.3 is 15.2 Å². The van der Waals surface area contributed by atoms with Gasteiger partial charge in [-0.15, -0.1) is 0 Å². The van der Waals surface area contributed by atoms with E-state index in [4.69, 9.17) is 4.74 Å². The maximum atomic E-state index is 12.6. The Balaban J connectivity index is 1.55. The number of amides is 1. The average Bonchev–Trinajstić information content (AvgIpc) is 3.22. The summed E-state index contributed by atoms with van der Waals surface area (Å²) in [5.41, 5.74) is 1.53. The van der Waals surface area contributed by atoms with Crippen molar-refractivity contribution in [2.45, 2.75) is 50.3 Å². The van der Waals surface area contributed by atoms with E-state index in [1.165, 1.54) is 4.57 Å². The van der Waals surface area contributed by atoms with E-state index in [2.05, 4.69) is 10.3 Å². The maximum Gasteiger partial charge on any atom is 0.328 e. The van der Waals surface area contributed by atoms with Crippen LogP contribution in [0.4, 0.5) is 0 Å². The Morgan fingerprint density at radius 3 is 2.38 bits per heavy atom. The minimum atomic E-state index is -0.742. The molecule has 3 N–H and O–H groups in total. The Labute approximate surface area is 196 Å². The first kappa shape index (κ1) is 22.2. The topological polar surface area (TPSA) is 113 Å². The summed E-state index contributed by atoms with van der Waals surface area (Å²) in [4.78, 5) is 38.7. The number of hydrogen-bond acceptors (Lipinski definition) is 5. The number of aromatic amines is 1. The fourth-order valence-electron chi connectivity index (χ4n) is 5.56. The fourth-order valence-corrected chi connectivity index (χ4v) is 5.56. The summed E-state index contributed by atoms with van der Waals surface area (Å²) in [5.74, 6) is 0.890. The van der Waals surface area contributed by atoms with Crippen molar-refractivity contribution in [1.82, 2.24) is 14.9 Å². The van der Waals surface area contributed by atoms with Crippen LogP contribution in [0.1, 0.15) is 48.4 Å². The summed E-state index contributed by atoms with van der Waals surface area (Å²) in [6.45, 7) is 1.86. The van der Waals surface area contributed by atoms with Crippen molar-refractivity contribution in [2.24, 2.45) is 5.92 Å². The SMILES string of the molecule is CCc1cn(C2CC(O)C([C@H](NC=O)C3c4ccccc4Oc4ccccc43)C2)c(=O)[nH]c1=O. The van der Waals surface area contributed by atoms with Crippen LogP contribution in [0.5, 0.6) is 11.5 Å². The molecule has 2 aromatic carbocycles. The molecule has 3 unspecified atom stereocenters. The van der Waals surface area contributed by atoms with Crippen LogP contribution in [0, 0.1) is 5.92 Å². The van der Waals surface area contributed by atoms with Gasteiger partial charge in [-0.3, -0.25) is 19.1 Å². The van der Waals surface area contributed by atoms with Gasteiger partial charge in [-0.25, -0.2) is 4.79 Å². The van der Waals surface area contributed by atoms with E-state index in [1.54, 1.807) is 6.20 Å². The predicted molar refractivity (Wildman–Crippen MR) is 126 cm³/mol. The smallest absolute Gasteiger partial charge is 0.328 e. The van der Waals surface area contributed by atoms with E-state index in [1.807, 2.05) is 55.5 Å². The van der Waals surface area contributed by atoms with E-state index in [9.17, 15) is 19.5 Å². The molecule has 5 rings (SSSR count). The molecule has 176 valence electrons. The molecule has 0 bridgehead atoms. The lowest BCUT2D eigenvalue weighted by Gasteiger charge is -2.37. The molecule has 2 aliphatic rings. The van der Waals surface area contributed by atoms with Gasteiger partial charge in [-0.2, -0.15) is 0 Å². The predicted octanol–water partition coefficient (Wildman–Crippen LogP) is 2.46. The first-order chi connectivity index (χ1) is 16.5. The Kier molecular flexibility index (Phi) is 5.83. The van der Waals surface area contributed by atoms with Gasteiger partial charge in [-0.05, 0) is 31.4 Å². The second kappa shape index (κ2) is 8.95. The molecule has 4 atom stereocenters. The zero-order valence-corrected chi connectivity index (χ0v) is 18.8. The van der Waals surface area contributed by atoms with Gasteiger partial charge in [0.25, 0.3) is 5.56 Å². The first-order valence-corrected chi connectivity index (χ1v) is 11.6. The number of aryl methyl sites for hydroxylation is 1. The third-order valence-electron chi connectivity index (χ3n) is 7.18. The number of H-pyrrole nitrogens is 1. The molecule has 1 aromatic heterocycles. The van der Waals surface area contributed by atoms with Crippen LogP contribution in [0.2, 0.25) is 0 Å². The molecular weight excluding hydrogens is 434 g/mol. The number of carbonyl (C=O) groups excluding carboxylic acids is 1. The van der Waals surface area contributed by atoms with Crippen molar-refractivity contribution < 1.29 is 14.6 Å². The number of ether oxygens (including phenoxy) is 1. The van der Waals surface area contributed by atoms with E-state index in [0.717, 1.165) is 22.6 Å². The minimum absolute atomic E-state index is 0.233. The molecule has 1 aliphatic carbocycles. The largest absolute Gasteiger partial charge is 0.457 e. The minimum Gasteiger partial charge on any atom is -0.457 e. The van der Waals surface area contributed by atoms with Gasteiger partial charge in [0.15, 0.2) is 0 Å². The zero-order valence-electron chi connectivity index (χ0n) is 18.8. The summed E-state index contributed by atoms with van der Waals surface area (Å²) in [5, 5.41) is 14.1. The number of aliphatic hydroxyl groups excluding tert-OH is 1. The Morgan fingerprint density at radius 1 is 1.12 bits per heavy atom. The van der Waals surface area contributed by atoms with Crippen LogP contribution in [-0.2, 0) is 11.2 Å². The summed E-state index contributed by atoms with van der Waals surface area (Å²) < 4.78 is 7.63. The molecule has 1 fully saturated rings. The van der Waals surface area contributed by atoms with Crippen LogP contribution in [0.3, 0.4) is 0 Å². The molecule has 0 saturated heterocycles. The lowest BCUT2D eigenvalue weighted by atomic mass is 9.76. The highest BCUT2D eigenvalue weighted by Crippen LogP contribution is 2.49. The molecule has 1 amide bonds. The third-order valence-corrected chi connectivity index (χ3v) is 7.18. The normalized spacial score (nSPS) is 22.4. The van der Waals surface area contributed by atoms with Crippen molar-refractivity contribution >= 4 is 6.41 Å². The molecule has 0 radical (unpaired) electrons. The number of nitrogens with zero attached hydrogens (tertiary/aromatic N) is 1. The van der Waals surface area contributed by atoms with Crippen molar-refractivity contribution in [2.75, 3.05) is 0 Å². The van der Waals surface area contributed by atoms with Crippen molar-refractivity contribution in [3.05, 3.63) is 92.3 Å². The van der Waals surface area contributed by atoms with Crippen LogP contribution < -0.4 is 21.3 Å². The second-order valence-electron chi connectivity index (χ2n) is 9.00. The number of hydrogen-bond donors (Lipinski definition) is 3. The highest BCUT2D eigenvalue weighted by Gasteiger charge is 2.45. The van der Waals surface area contributed by atoms with E-state index in [-0.39, 0.29) is 23.4 Å². The van der Waals surface area contributed by atoms with Gasteiger partial charge >= 0.3 is 5.69 Å². The number of rotatable bonds is 6. The van der Waals surface area contributed by atoms with Crippen molar-refractivity contribution in [1.29, 1.82) is 0 Å². The highest BCUT2D eigenvalue weighted by atomic mass is 16.5. The monoisotopic (exact) mass is 461 g/mol. The summed E-state index contributed by atoms with van der Waals surface area (Å²) >= 11 is 0. The van der Waals surface area contributed by atoms with Crippen LogP contribution in [-0.4, -0.2) is 33.2 Å². The Bertz CT molecular complexity index is 1280. The molecular formula is C26H27N3O5. The van der Waals surface area contributed by atoms with E-state index in [0.29, 0.717) is 31.2 Å². The number of aliphatic hydroxyl groups is 1. The van der Waals surface area contributed by atoms with E-state index >= 15 is 0 Å². The average molecular weight is 462 g/mol. The summed E-state index contributed by atoms with van der Waals surface area (Å²) in [6.07, 6.45) is 2.86. The molecule has 3 aromatic rings. The Morgan fingerprint density at radius 2 is 1.76 bits per heavy atom. The molecule has 0 spiro atoms. The molecule has 2 heterocycles. The summed E-state index contributed by atoms with van der Waals surface area (Å²) in [7, 11) is 0. The third kappa shape index (κ3) is 3.74. The van der Waals surface area contributed by atoms with E-state index < -0.39 is 17.8 Å². The quantitative estimate of drug-likeness (QED) is 0.488. The van der Waals surface area contributed by atoms with Gasteiger partial charge in [0.1, 0.15) is 11.5 Å². The molecule has 1 saturated carbocycles. The van der Waals surface area contributed by atoms with Gasteiger partial charge in [0.05, 0.1) is 6.10 Å². The lowest BCUT2D eigenvalue weighted by molar-refractivity contribution is -0.110. The molecule has 34 heavy (non-hydrogen) atoms. The number of benzene rings is 2. The van der Waals surface area contributed by atoms with Crippen molar-refractivity contribution in [3.8, 4) is 11.5 Å². The van der Waals surface area contributed by atoms with Crippen LogP contribution in [0.25, 0.3) is 0 Å². The summed E-state index contributed by atoms with van der Waals surface area (Å²) in [6, 6.07) is 14.7. The maximum absolute atomic E-state index is 12.6. The number of carbonyl (C=O) groups is 1. The molecule has 8 nitrogen and oxygen atoms in total. The van der Waals surface area contributed by atoms with Gasteiger partial charge in [-0.1, -0.05) is 43.3 Å². The lowest BCUT2D eigenvalue weighted by Crippen LogP contribution is -2.44. The number of nitrogens with one attached hydrogen (secondary N) is 2. The Hall–Kier alpha value is -3.65. The number of para-hydroxylation sites is 2. The molecule has 8 heteroatoms. The number of fused-ring (bicyclic) bond motifs is 2. The van der Waals surface area contributed by atoms with Crippen LogP contribution in [0.15, 0.2) is 64.3 Å². The van der Waals surface area contributed by atoms with Crippen LogP contribution >= 0.6 is 0 Å². The van der Waals surface area contributed by atoms with Crippen molar-refractivity contribution in [3.63, 3.8) is 0 Å². The first-order valence-electron chi connectivity index (χ1n) is 11.6. The highest BCUT2D eigenvalue weighted by molar-refractivity contribution is 5.56. The van der Waals surface area contributed by atoms with Gasteiger partial charge in [0.2, 0.25) is 6.41 Å². The van der Waals surface area contributed by atoms with Gasteiger partial charge in [0, 0.05) is 46.8 Å².